The smallest absolute Gasteiger partial charge is 0.261 e. The van der Waals surface area contributed by atoms with Crippen LogP contribution in [0.2, 0.25) is 0 Å². The lowest BCUT2D eigenvalue weighted by Crippen LogP contribution is -2.36. The first-order valence-electron chi connectivity index (χ1n) is 8.64. The van der Waals surface area contributed by atoms with Crippen LogP contribution < -0.4 is 10.9 Å². The molecule has 0 spiro atoms. The number of carbonyl (C=O) groups is 1. The van der Waals surface area contributed by atoms with E-state index in [0.29, 0.717) is 10.9 Å². The number of nitrogens with one attached hydrogen (secondary N) is 1. The van der Waals surface area contributed by atoms with E-state index < -0.39 is 0 Å². The van der Waals surface area contributed by atoms with E-state index in [2.05, 4.69) is 38.4 Å². The van der Waals surface area contributed by atoms with Crippen molar-refractivity contribution in [2.75, 3.05) is 0 Å². The zero-order valence-corrected chi connectivity index (χ0v) is 15.7. The average molecular weight is 412 g/mol. The average Bonchev–Trinajstić information content (AvgIpc) is 2.65. The molecule has 4 rings (SSSR count). The Morgan fingerprint density at radius 1 is 1.27 bits per heavy atom. The van der Waals surface area contributed by atoms with E-state index in [9.17, 15) is 9.59 Å². The normalized spacial score (nSPS) is 16.3. The number of nitrogens with zero attached hydrogens (tertiary/aromatic N) is 2. The predicted molar refractivity (Wildman–Crippen MR) is 104 cm³/mol. The summed E-state index contributed by atoms with van der Waals surface area (Å²) in [5.41, 5.74) is 2.88. The van der Waals surface area contributed by atoms with E-state index in [1.165, 1.54) is 22.0 Å². The van der Waals surface area contributed by atoms with Crippen LogP contribution in [0.3, 0.4) is 0 Å². The van der Waals surface area contributed by atoms with E-state index in [-0.39, 0.29) is 24.1 Å². The molecule has 1 atom stereocenters. The minimum absolute atomic E-state index is 0.00529. The minimum Gasteiger partial charge on any atom is -0.348 e. The van der Waals surface area contributed by atoms with Gasteiger partial charge in [0, 0.05) is 4.47 Å². The third-order valence-electron chi connectivity index (χ3n) is 4.80. The lowest BCUT2D eigenvalue weighted by molar-refractivity contribution is -0.122. The van der Waals surface area contributed by atoms with Crippen LogP contribution in [-0.4, -0.2) is 15.5 Å². The second-order valence-electron chi connectivity index (χ2n) is 6.55. The Hall–Kier alpha value is -2.47. The van der Waals surface area contributed by atoms with Gasteiger partial charge in [0.2, 0.25) is 5.91 Å². The number of rotatable bonds is 3. The standard InChI is InChI=1S/C20H18BrN3O2/c21-14-8-9-17-16(10-14)20(26)24(12-22-17)11-19(25)23-18-7-3-5-13-4-1-2-6-15(13)18/h1-2,4,6,8-10,12,18H,3,5,7,11H2,(H,23,25)/t18-/m1/s1. The van der Waals surface area contributed by atoms with Gasteiger partial charge in [0.05, 0.1) is 23.3 Å². The van der Waals surface area contributed by atoms with Crippen molar-refractivity contribution in [3.05, 3.63) is 74.7 Å². The molecule has 0 saturated carbocycles. The van der Waals surface area contributed by atoms with E-state index in [1.807, 2.05) is 18.2 Å². The third-order valence-corrected chi connectivity index (χ3v) is 5.30. The van der Waals surface area contributed by atoms with Crippen LogP contribution in [0.5, 0.6) is 0 Å². The van der Waals surface area contributed by atoms with Gasteiger partial charge in [-0.05, 0) is 48.6 Å². The van der Waals surface area contributed by atoms with Crippen molar-refractivity contribution in [3.63, 3.8) is 0 Å². The Bertz CT molecular complexity index is 1040. The molecule has 1 aromatic heterocycles. The van der Waals surface area contributed by atoms with E-state index in [1.54, 1.807) is 12.1 Å². The van der Waals surface area contributed by atoms with Crippen LogP contribution in [0.1, 0.15) is 30.0 Å². The van der Waals surface area contributed by atoms with Crippen molar-refractivity contribution in [3.8, 4) is 0 Å². The number of hydrogen-bond donors (Lipinski definition) is 1. The Labute approximate surface area is 159 Å². The molecular weight excluding hydrogens is 394 g/mol. The number of amides is 1. The molecule has 1 N–H and O–H groups in total. The van der Waals surface area contributed by atoms with Crippen molar-refractivity contribution in [2.24, 2.45) is 0 Å². The number of hydrogen-bond acceptors (Lipinski definition) is 3. The molecule has 2 aromatic carbocycles. The van der Waals surface area contributed by atoms with Gasteiger partial charge in [-0.3, -0.25) is 14.2 Å². The number of fused-ring (bicyclic) bond motifs is 2. The first-order valence-corrected chi connectivity index (χ1v) is 9.43. The van der Waals surface area contributed by atoms with Gasteiger partial charge in [-0.1, -0.05) is 40.2 Å². The molecule has 3 aromatic rings. The second-order valence-corrected chi connectivity index (χ2v) is 7.47. The lowest BCUT2D eigenvalue weighted by Gasteiger charge is -2.26. The maximum Gasteiger partial charge on any atom is 0.261 e. The molecule has 0 bridgehead atoms. The van der Waals surface area contributed by atoms with Gasteiger partial charge in [0.25, 0.3) is 5.56 Å². The summed E-state index contributed by atoms with van der Waals surface area (Å²) < 4.78 is 2.17. The molecule has 0 aliphatic heterocycles. The van der Waals surface area contributed by atoms with E-state index >= 15 is 0 Å². The molecule has 0 saturated heterocycles. The van der Waals surface area contributed by atoms with Crippen molar-refractivity contribution < 1.29 is 4.79 Å². The number of aromatic nitrogens is 2. The number of benzene rings is 2. The molecule has 26 heavy (non-hydrogen) atoms. The summed E-state index contributed by atoms with van der Waals surface area (Å²) in [4.78, 5) is 29.4. The monoisotopic (exact) mass is 411 g/mol. The van der Waals surface area contributed by atoms with Gasteiger partial charge in [0.1, 0.15) is 6.54 Å². The van der Waals surface area contributed by atoms with Gasteiger partial charge in [-0.25, -0.2) is 4.98 Å². The fraction of sp³-hybridized carbons (Fsp3) is 0.250. The van der Waals surface area contributed by atoms with Crippen molar-refractivity contribution >= 4 is 32.7 Å². The molecule has 0 radical (unpaired) electrons. The van der Waals surface area contributed by atoms with Gasteiger partial charge in [0.15, 0.2) is 0 Å². The molecule has 1 aliphatic carbocycles. The van der Waals surface area contributed by atoms with Crippen LogP contribution in [-0.2, 0) is 17.8 Å². The summed E-state index contributed by atoms with van der Waals surface area (Å²) in [6, 6.07) is 13.6. The largest absolute Gasteiger partial charge is 0.348 e. The van der Waals surface area contributed by atoms with Gasteiger partial charge < -0.3 is 5.32 Å². The maximum absolute atomic E-state index is 12.6. The SMILES string of the molecule is O=C(Cn1cnc2ccc(Br)cc2c1=O)N[C@@H]1CCCc2ccccc21. The van der Waals surface area contributed by atoms with Crippen LogP contribution in [0.15, 0.2) is 58.1 Å². The van der Waals surface area contributed by atoms with Gasteiger partial charge in [-0.15, -0.1) is 0 Å². The highest BCUT2D eigenvalue weighted by Crippen LogP contribution is 2.29. The highest BCUT2D eigenvalue weighted by atomic mass is 79.9. The predicted octanol–water partition coefficient (Wildman–Crippen LogP) is 3.35. The summed E-state index contributed by atoms with van der Waals surface area (Å²) in [7, 11) is 0. The van der Waals surface area contributed by atoms with Gasteiger partial charge in [-0.2, -0.15) is 0 Å². The Morgan fingerprint density at radius 3 is 3.00 bits per heavy atom. The summed E-state index contributed by atoms with van der Waals surface area (Å²) in [5.74, 6) is -0.176. The first-order chi connectivity index (χ1) is 12.6. The Morgan fingerprint density at radius 2 is 2.12 bits per heavy atom. The highest BCUT2D eigenvalue weighted by molar-refractivity contribution is 9.10. The summed E-state index contributed by atoms with van der Waals surface area (Å²) in [6.45, 7) is -0.0348. The molecular formula is C20H18BrN3O2. The molecule has 5 nitrogen and oxygen atoms in total. The molecule has 0 unspecified atom stereocenters. The summed E-state index contributed by atoms with van der Waals surface area (Å²) in [6.07, 6.45) is 4.45. The zero-order valence-electron chi connectivity index (χ0n) is 14.1. The van der Waals surface area contributed by atoms with Gasteiger partial charge >= 0.3 is 0 Å². The van der Waals surface area contributed by atoms with E-state index in [4.69, 9.17) is 0 Å². The summed E-state index contributed by atoms with van der Waals surface area (Å²) >= 11 is 3.37. The van der Waals surface area contributed by atoms with Crippen LogP contribution in [0.25, 0.3) is 10.9 Å². The second kappa shape index (κ2) is 7.03. The molecule has 6 heteroatoms. The maximum atomic E-state index is 12.6. The number of carbonyl (C=O) groups excluding carboxylic acids is 1. The van der Waals surface area contributed by atoms with Crippen molar-refractivity contribution in [1.82, 2.24) is 14.9 Å². The van der Waals surface area contributed by atoms with Crippen LogP contribution in [0.4, 0.5) is 0 Å². The van der Waals surface area contributed by atoms with Crippen molar-refractivity contribution in [1.29, 1.82) is 0 Å². The Kier molecular flexibility index (Phi) is 4.59. The molecule has 1 heterocycles. The molecule has 1 aliphatic rings. The quantitative estimate of drug-likeness (QED) is 0.718. The number of aryl methyl sites for hydroxylation is 1. The highest BCUT2D eigenvalue weighted by Gasteiger charge is 2.21. The van der Waals surface area contributed by atoms with E-state index in [0.717, 1.165) is 23.7 Å². The van der Waals surface area contributed by atoms with Crippen LogP contribution >= 0.6 is 15.9 Å². The molecule has 0 fully saturated rings. The fourth-order valence-electron chi connectivity index (χ4n) is 3.54. The lowest BCUT2D eigenvalue weighted by atomic mass is 9.88. The van der Waals surface area contributed by atoms with Crippen LogP contribution in [0, 0.1) is 0 Å². The minimum atomic E-state index is -0.213. The fourth-order valence-corrected chi connectivity index (χ4v) is 3.90. The Balaban J connectivity index is 1.55. The summed E-state index contributed by atoms with van der Waals surface area (Å²) in [5, 5.41) is 3.57. The third kappa shape index (κ3) is 3.29. The zero-order chi connectivity index (χ0) is 18.1. The molecule has 132 valence electrons. The molecule has 1 amide bonds. The van der Waals surface area contributed by atoms with Crippen molar-refractivity contribution in [2.45, 2.75) is 31.8 Å². The number of halogens is 1. The topological polar surface area (TPSA) is 64.0 Å². The first kappa shape index (κ1) is 17.0.